The van der Waals surface area contributed by atoms with Gasteiger partial charge in [0.05, 0.1) is 0 Å². The number of aryl methyl sites for hydroxylation is 1. The molecule has 0 heteroatoms. The number of fused-ring (bicyclic) bond motifs is 1. The van der Waals surface area contributed by atoms with Gasteiger partial charge in [-0.1, -0.05) is 49.1 Å². The van der Waals surface area contributed by atoms with Crippen LogP contribution in [0.4, 0.5) is 0 Å². The maximum absolute atomic E-state index is 3.87. The topological polar surface area (TPSA) is 0 Å². The summed E-state index contributed by atoms with van der Waals surface area (Å²) in [5.41, 5.74) is 5.41. The lowest BCUT2D eigenvalue weighted by atomic mass is 9.87. The molecule has 0 amide bonds. The van der Waals surface area contributed by atoms with Crippen molar-refractivity contribution >= 4 is 5.57 Å². The van der Waals surface area contributed by atoms with Crippen molar-refractivity contribution in [3.63, 3.8) is 0 Å². The Morgan fingerprint density at radius 1 is 1.24 bits per heavy atom. The van der Waals surface area contributed by atoms with Crippen LogP contribution in [0.15, 0.2) is 67.8 Å². The van der Waals surface area contributed by atoms with Crippen LogP contribution in [0.2, 0.25) is 0 Å². The van der Waals surface area contributed by atoms with Gasteiger partial charge in [0.25, 0.3) is 0 Å². The fraction of sp³-hybridized carbons (Fsp3) is 0.176. The van der Waals surface area contributed by atoms with Crippen molar-refractivity contribution < 1.29 is 0 Å². The lowest BCUT2D eigenvalue weighted by molar-refractivity contribution is 0.977. The van der Waals surface area contributed by atoms with Crippen molar-refractivity contribution in [3.05, 3.63) is 78.9 Å². The van der Waals surface area contributed by atoms with Crippen LogP contribution in [-0.2, 0) is 6.42 Å². The Bertz CT molecular complexity index is 447. The van der Waals surface area contributed by atoms with Gasteiger partial charge in [-0.3, -0.25) is 0 Å². The molecule has 0 saturated heterocycles. The molecule has 0 unspecified atom stereocenters. The van der Waals surface area contributed by atoms with E-state index >= 15 is 0 Å². The van der Waals surface area contributed by atoms with Crippen LogP contribution in [0.1, 0.15) is 24.5 Å². The standard InChI is InChI=1S/C15H16.C2H4/c1-3-12(4-2)14-11-7-9-13-8-5-6-10-15(13)14;1-2/h3-6,8,10-11H,1,7,9H2,2H3;1-2H2/b12-4+;. The maximum atomic E-state index is 3.87. The zero-order chi connectivity index (χ0) is 12.7. The van der Waals surface area contributed by atoms with E-state index in [2.05, 4.69) is 63.1 Å². The number of benzene rings is 1. The fourth-order valence-electron chi connectivity index (χ4n) is 2.14. The van der Waals surface area contributed by atoms with E-state index < -0.39 is 0 Å². The van der Waals surface area contributed by atoms with Crippen molar-refractivity contribution in [2.24, 2.45) is 0 Å². The highest BCUT2D eigenvalue weighted by Gasteiger charge is 2.12. The van der Waals surface area contributed by atoms with E-state index in [-0.39, 0.29) is 0 Å². The summed E-state index contributed by atoms with van der Waals surface area (Å²) in [5.74, 6) is 0. The molecule has 0 aliphatic heterocycles. The number of hydrogen-bond acceptors (Lipinski definition) is 0. The summed E-state index contributed by atoms with van der Waals surface area (Å²) in [6.07, 6.45) is 8.68. The minimum atomic E-state index is 1.14. The molecular formula is C17H20. The summed E-state index contributed by atoms with van der Waals surface area (Å²) in [7, 11) is 0. The maximum Gasteiger partial charge on any atom is -0.0149 e. The largest absolute Gasteiger partial charge is 0.106 e. The van der Waals surface area contributed by atoms with Gasteiger partial charge >= 0.3 is 0 Å². The number of hydrogen-bond donors (Lipinski definition) is 0. The molecule has 0 atom stereocenters. The first kappa shape index (κ1) is 13.2. The van der Waals surface area contributed by atoms with Crippen molar-refractivity contribution in [3.8, 4) is 0 Å². The van der Waals surface area contributed by atoms with Gasteiger partial charge in [-0.25, -0.2) is 0 Å². The van der Waals surface area contributed by atoms with Crippen LogP contribution in [-0.4, -0.2) is 0 Å². The number of allylic oxidation sites excluding steroid dienone is 5. The molecular weight excluding hydrogens is 204 g/mol. The van der Waals surface area contributed by atoms with E-state index in [0.29, 0.717) is 0 Å². The Balaban J connectivity index is 0.000000686. The van der Waals surface area contributed by atoms with E-state index in [1.54, 1.807) is 0 Å². The third kappa shape index (κ3) is 2.85. The zero-order valence-corrected chi connectivity index (χ0v) is 10.6. The molecule has 88 valence electrons. The first-order chi connectivity index (χ1) is 8.36. The van der Waals surface area contributed by atoms with Crippen LogP contribution < -0.4 is 0 Å². The Labute approximate surface area is 105 Å². The molecule has 2 rings (SSSR count). The second-order valence-electron chi connectivity index (χ2n) is 3.76. The average Bonchev–Trinajstić information content (AvgIpc) is 2.43. The molecule has 0 radical (unpaired) electrons. The summed E-state index contributed by atoms with van der Waals surface area (Å²) in [4.78, 5) is 0. The van der Waals surface area contributed by atoms with Crippen LogP contribution >= 0.6 is 0 Å². The van der Waals surface area contributed by atoms with Crippen molar-refractivity contribution in [2.45, 2.75) is 19.8 Å². The zero-order valence-electron chi connectivity index (χ0n) is 10.6. The van der Waals surface area contributed by atoms with Crippen LogP contribution in [0.25, 0.3) is 5.57 Å². The molecule has 1 aliphatic carbocycles. The van der Waals surface area contributed by atoms with Gasteiger partial charge in [0.2, 0.25) is 0 Å². The lowest BCUT2D eigenvalue weighted by Crippen LogP contribution is -2.00. The fourth-order valence-corrected chi connectivity index (χ4v) is 2.14. The highest BCUT2D eigenvalue weighted by molar-refractivity contribution is 5.84. The van der Waals surface area contributed by atoms with Crippen LogP contribution in [0.3, 0.4) is 0 Å². The second-order valence-corrected chi connectivity index (χ2v) is 3.76. The molecule has 1 aliphatic rings. The van der Waals surface area contributed by atoms with E-state index in [9.17, 15) is 0 Å². The van der Waals surface area contributed by atoms with Gasteiger partial charge in [0.1, 0.15) is 0 Å². The van der Waals surface area contributed by atoms with E-state index in [0.717, 1.165) is 12.8 Å². The highest BCUT2D eigenvalue weighted by Crippen LogP contribution is 2.31. The molecule has 1 aromatic rings. The Hall–Kier alpha value is -1.82. The smallest absolute Gasteiger partial charge is 0.0149 e. The van der Waals surface area contributed by atoms with Crippen molar-refractivity contribution in [2.75, 3.05) is 0 Å². The normalized spacial score (nSPS) is 13.9. The summed E-state index contributed by atoms with van der Waals surface area (Å²) in [6.45, 7) is 11.9. The van der Waals surface area contributed by atoms with Gasteiger partial charge in [0.15, 0.2) is 0 Å². The third-order valence-electron chi connectivity index (χ3n) is 2.91. The minimum Gasteiger partial charge on any atom is -0.106 e. The number of rotatable bonds is 2. The molecule has 17 heavy (non-hydrogen) atoms. The molecule has 0 fully saturated rings. The third-order valence-corrected chi connectivity index (χ3v) is 2.91. The summed E-state index contributed by atoms with van der Waals surface area (Å²) in [6, 6.07) is 8.64. The Morgan fingerprint density at radius 2 is 1.94 bits per heavy atom. The molecule has 0 N–H and O–H groups in total. The van der Waals surface area contributed by atoms with Crippen LogP contribution in [0.5, 0.6) is 0 Å². The quantitative estimate of drug-likeness (QED) is 0.492. The van der Waals surface area contributed by atoms with Crippen molar-refractivity contribution in [1.82, 2.24) is 0 Å². The first-order valence-electron chi connectivity index (χ1n) is 5.94. The van der Waals surface area contributed by atoms with Gasteiger partial charge in [-0.2, -0.15) is 0 Å². The molecule has 0 heterocycles. The molecule has 0 aromatic heterocycles. The first-order valence-corrected chi connectivity index (χ1v) is 5.94. The molecule has 0 bridgehead atoms. The van der Waals surface area contributed by atoms with Crippen LogP contribution in [0, 0.1) is 0 Å². The second kappa shape index (κ2) is 6.70. The predicted octanol–water partition coefficient (Wildman–Crippen LogP) is 4.95. The molecule has 1 aromatic carbocycles. The minimum absolute atomic E-state index is 1.14. The van der Waals surface area contributed by atoms with E-state index in [4.69, 9.17) is 0 Å². The summed E-state index contributed by atoms with van der Waals surface area (Å²) >= 11 is 0. The van der Waals surface area contributed by atoms with Crippen molar-refractivity contribution in [1.29, 1.82) is 0 Å². The van der Waals surface area contributed by atoms with E-state index in [1.807, 2.05) is 6.08 Å². The average molecular weight is 224 g/mol. The summed E-state index contributed by atoms with van der Waals surface area (Å²) < 4.78 is 0. The molecule has 0 nitrogen and oxygen atoms in total. The molecule has 0 spiro atoms. The predicted molar refractivity (Wildman–Crippen MR) is 77.9 cm³/mol. The van der Waals surface area contributed by atoms with Gasteiger partial charge in [-0.15, -0.1) is 13.2 Å². The highest BCUT2D eigenvalue weighted by atomic mass is 14.2. The van der Waals surface area contributed by atoms with E-state index in [1.165, 1.54) is 22.3 Å². The monoisotopic (exact) mass is 224 g/mol. The SMILES string of the molecule is C=C.C=C/C(=C\C)C1=CCCc2ccccc21. The summed E-state index contributed by atoms with van der Waals surface area (Å²) in [5, 5.41) is 0. The van der Waals surface area contributed by atoms with Gasteiger partial charge < -0.3 is 0 Å². The van der Waals surface area contributed by atoms with Gasteiger partial charge in [-0.05, 0) is 42.0 Å². The Kier molecular flexibility index (Phi) is 5.22. The lowest BCUT2D eigenvalue weighted by Gasteiger charge is -2.18. The Morgan fingerprint density at radius 3 is 2.59 bits per heavy atom. The van der Waals surface area contributed by atoms with Gasteiger partial charge in [0, 0.05) is 0 Å². The molecule has 0 saturated carbocycles.